The van der Waals surface area contributed by atoms with Crippen LogP contribution in [0.15, 0.2) is 91.1 Å². The number of anilines is 1. The highest BCUT2D eigenvalue weighted by atomic mass is 16.5. The smallest absolute Gasteiger partial charge is 0.319 e. The van der Waals surface area contributed by atoms with Gasteiger partial charge in [-0.05, 0) is 90.0 Å². The minimum absolute atomic E-state index is 0.103. The lowest BCUT2D eigenvalue weighted by Crippen LogP contribution is -2.47. The van der Waals surface area contributed by atoms with Crippen LogP contribution < -0.4 is 31.4 Å². The number of carbonyl (C=O) groups excluding carboxylic acids is 2. The SMILES string of the molecule is COc1ccc2[nH]c(C)c(CC(=O)N[C@@H](CCCCNC(=O)c3ccccc3N)C3=[N+]C=C(c4ccc5ccccc5c4)N3)c2c1. The quantitative estimate of drug-likeness (QED) is 0.0975. The molecule has 0 aliphatic carbocycles. The molecule has 1 aliphatic heterocycles. The number of methoxy groups -OCH3 is 1. The van der Waals surface area contributed by atoms with Crippen molar-refractivity contribution in [3.8, 4) is 5.75 Å². The van der Waals surface area contributed by atoms with Gasteiger partial charge in [0.15, 0.2) is 11.9 Å². The number of para-hydroxylation sites is 1. The maximum atomic E-state index is 13.6. The summed E-state index contributed by atoms with van der Waals surface area (Å²) in [6.07, 6.45) is 4.15. The van der Waals surface area contributed by atoms with Crippen LogP contribution in [0.25, 0.3) is 27.4 Å². The molecule has 233 valence electrons. The van der Waals surface area contributed by atoms with E-state index >= 15 is 0 Å². The van der Waals surface area contributed by atoms with Gasteiger partial charge in [0.1, 0.15) is 11.8 Å². The first-order valence-corrected chi connectivity index (χ1v) is 15.5. The number of aryl methyl sites for hydroxylation is 1. The summed E-state index contributed by atoms with van der Waals surface area (Å²) < 4.78 is 5.43. The first kappa shape index (κ1) is 30.5. The molecule has 0 unspecified atom stereocenters. The fraction of sp³-hybridized carbons (Fsp3) is 0.216. The number of nitrogen functional groups attached to an aromatic ring is 1. The summed E-state index contributed by atoms with van der Waals surface area (Å²) in [4.78, 5) is 34.2. The average Bonchev–Trinajstić information content (AvgIpc) is 3.68. The number of rotatable bonds is 12. The summed E-state index contributed by atoms with van der Waals surface area (Å²) in [5.74, 6) is 1.13. The van der Waals surface area contributed by atoms with Crippen LogP contribution in [0.5, 0.6) is 5.75 Å². The van der Waals surface area contributed by atoms with Gasteiger partial charge in [-0.3, -0.25) is 9.59 Å². The Hall–Kier alpha value is -5.57. The van der Waals surface area contributed by atoms with Crippen molar-refractivity contribution in [3.05, 3.63) is 114 Å². The number of unbranched alkanes of at least 4 members (excludes halogenated alkanes) is 1. The molecule has 0 saturated heterocycles. The Morgan fingerprint density at radius 1 is 0.957 bits per heavy atom. The topological polar surface area (TPSA) is 135 Å². The molecule has 0 spiro atoms. The molecule has 6 N–H and O–H groups in total. The molecule has 2 amide bonds. The van der Waals surface area contributed by atoms with Crippen LogP contribution in [0.1, 0.15) is 46.4 Å². The molecule has 9 nitrogen and oxygen atoms in total. The van der Waals surface area contributed by atoms with Gasteiger partial charge in [0.05, 0.1) is 19.1 Å². The standard InChI is InChI=1S/C37H38N6O3/c1-23-29(30-20-27(46-2)16-17-32(30)41-23)21-35(44)42-33(13-7-8-18-39-37(45)28-11-5-6-12-31(28)38)36-40-22-34(43-36)26-15-14-24-9-3-4-10-25(24)19-26/h3-6,9-12,14-17,19-20,22,33,41,43H,7-8,13,18,21,38H2,1-2H3,(H,39,45)(H,42,44)/q+1/t33-/m0/s1. The number of ether oxygens (including phenoxy) is 1. The largest absolute Gasteiger partial charge is 0.497 e. The number of amides is 2. The number of fused-ring (bicyclic) bond motifs is 2. The molecule has 0 saturated carbocycles. The van der Waals surface area contributed by atoms with E-state index in [1.54, 1.807) is 31.4 Å². The van der Waals surface area contributed by atoms with Crippen molar-refractivity contribution in [1.82, 2.24) is 25.9 Å². The number of carbonyl (C=O) groups is 2. The third-order valence-corrected chi connectivity index (χ3v) is 8.40. The second kappa shape index (κ2) is 13.6. The molecule has 46 heavy (non-hydrogen) atoms. The van der Waals surface area contributed by atoms with Crippen LogP contribution in [-0.4, -0.2) is 42.3 Å². The lowest BCUT2D eigenvalue weighted by molar-refractivity contribution is -0.120. The number of hydrogen-bond acceptors (Lipinski definition) is 6. The van der Waals surface area contributed by atoms with E-state index in [0.29, 0.717) is 30.1 Å². The molecule has 9 heteroatoms. The van der Waals surface area contributed by atoms with E-state index in [0.717, 1.165) is 57.4 Å². The first-order chi connectivity index (χ1) is 22.4. The molecule has 0 fully saturated rings. The number of aromatic amines is 1. The summed E-state index contributed by atoms with van der Waals surface area (Å²) in [7, 11) is 1.63. The van der Waals surface area contributed by atoms with Crippen LogP contribution in [0.2, 0.25) is 0 Å². The van der Waals surface area contributed by atoms with Crippen molar-refractivity contribution in [2.75, 3.05) is 19.4 Å². The molecule has 6 rings (SSSR count). The fourth-order valence-corrected chi connectivity index (χ4v) is 5.89. The van der Waals surface area contributed by atoms with Crippen molar-refractivity contribution in [2.45, 2.75) is 38.6 Å². The zero-order valence-corrected chi connectivity index (χ0v) is 26.0. The minimum Gasteiger partial charge on any atom is -0.497 e. The van der Waals surface area contributed by atoms with E-state index in [1.807, 2.05) is 43.5 Å². The Morgan fingerprint density at radius 2 is 1.76 bits per heavy atom. The number of aromatic nitrogens is 1. The van der Waals surface area contributed by atoms with Crippen LogP contribution in [0, 0.1) is 6.92 Å². The molecular weight excluding hydrogens is 576 g/mol. The molecule has 2 heterocycles. The van der Waals surface area contributed by atoms with Gasteiger partial charge in [-0.25, -0.2) is 5.32 Å². The molecule has 5 aromatic rings. The van der Waals surface area contributed by atoms with Crippen molar-refractivity contribution in [1.29, 1.82) is 0 Å². The first-order valence-electron chi connectivity index (χ1n) is 15.5. The summed E-state index contributed by atoms with van der Waals surface area (Å²) in [5.41, 5.74) is 11.6. The predicted molar refractivity (Wildman–Crippen MR) is 184 cm³/mol. The highest BCUT2D eigenvalue weighted by Gasteiger charge is 2.31. The third kappa shape index (κ3) is 6.73. The van der Waals surface area contributed by atoms with E-state index in [2.05, 4.69) is 51.3 Å². The monoisotopic (exact) mass is 614 g/mol. The average molecular weight is 615 g/mol. The maximum Gasteiger partial charge on any atom is 0.319 e. The number of nitrogens with zero attached hydrogens (tertiary/aromatic N) is 1. The molecule has 1 atom stereocenters. The van der Waals surface area contributed by atoms with E-state index in [4.69, 9.17) is 15.5 Å². The number of amidine groups is 1. The van der Waals surface area contributed by atoms with E-state index in [1.165, 1.54) is 5.39 Å². The van der Waals surface area contributed by atoms with Gasteiger partial charge >= 0.3 is 5.84 Å². The Kier molecular flexibility index (Phi) is 9.01. The maximum absolute atomic E-state index is 13.6. The van der Waals surface area contributed by atoms with Gasteiger partial charge < -0.3 is 26.1 Å². The third-order valence-electron chi connectivity index (χ3n) is 8.40. The number of H-pyrrole nitrogens is 1. The summed E-state index contributed by atoms with van der Waals surface area (Å²) in [6.45, 7) is 2.47. The van der Waals surface area contributed by atoms with Crippen LogP contribution in [0.4, 0.5) is 5.69 Å². The number of aliphatic imine (C=N–C) groups is 1. The van der Waals surface area contributed by atoms with Crippen LogP contribution in [0.3, 0.4) is 0 Å². The highest BCUT2D eigenvalue weighted by molar-refractivity contribution is 6.01. The summed E-state index contributed by atoms with van der Waals surface area (Å²) in [6, 6.07) is 27.0. The lowest BCUT2D eigenvalue weighted by atomic mass is 10.0. The van der Waals surface area contributed by atoms with Gasteiger partial charge in [-0.1, -0.05) is 42.5 Å². The minimum atomic E-state index is -0.345. The number of nitrogens with two attached hydrogens (primary N) is 1. The summed E-state index contributed by atoms with van der Waals surface area (Å²) >= 11 is 0. The van der Waals surface area contributed by atoms with Crippen molar-refractivity contribution in [2.24, 2.45) is 0 Å². The van der Waals surface area contributed by atoms with Crippen molar-refractivity contribution < 1.29 is 14.3 Å². The van der Waals surface area contributed by atoms with Gasteiger partial charge in [-0.15, -0.1) is 0 Å². The number of hydrogen-bond donors (Lipinski definition) is 5. The Balaban J connectivity index is 1.13. The normalized spacial score (nSPS) is 13.2. The van der Waals surface area contributed by atoms with Crippen molar-refractivity contribution in [3.63, 3.8) is 0 Å². The zero-order chi connectivity index (χ0) is 32.0. The second-order valence-corrected chi connectivity index (χ2v) is 11.5. The number of benzene rings is 4. The van der Waals surface area contributed by atoms with Gasteiger partial charge in [-0.2, -0.15) is 0 Å². The Labute approximate surface area is 267 Å². The molecule has 4 aromatic carbocycles. The van der Waals surface area contributed by atoms with E-state index in [9.17, 15) is 9.59 Å². The van der Waals surface area contributed by atoms with Crippen molar-refractivity contribution >= 4 is 50.7 Å². The van der Waals surface area contributed by atoms with Crippen LogP contribution >= 0.6 is 0 Å². The molecule has 1 radical (unpaired) electrons. The number of nitrogens with one attached hydrogen (secondary N) is 4. The van der Waals surface area contributed by atoms with Gasteiger partial charge in [0, 0.05) is 34.4 Å². The predicted octanol–water partition coefficient (Wildman–Crippen LogP) is 5.18. The molecule has 0 bridgehead atoms. The summed E-state index contributed by atoms with van der Waals surface area (Å²) in [5, 5.41) is 12.9. The van der Waals surface area contributed by atoms with Gasteiger partial charge in [0.2, 0.25) is 5.91 Å². The molecule has 1 aromatic heterocycles. The second-order valence-electron chi connectivity index (χ2n) is 11.5. The lowest BCUT2D eigenvalue weighted by Gasteiger charge is -2.16. The van der Waals surface area contributed by atoms with Gasteiger partial charge in [0.25, 0.3) is 5.91 Å². The highest BCUT2D eigenvalue weighted by Crippen LogP contribution is 2.27. The molecule has 1 aliphatic rings. The Morgan fingerprint density at radius 3 is 2.59 bits per heavy atom. The van der Waals surface area contributed by atoms with Crippen LogP contribution in [-0.2, 0) is 11.2 Å². The van der Waals surface area contributed by atoms with E-state index in [-0.39, 0.29) is 24.3 Å². The van der Waals surface area contributed by atoms with E-state index < -0.39 is 0 Å². The fourth-order valence-electron chi connectivity index (χ4n) is 5.89. The zero-order valence-electron chi connectivity index (χ0n) is 26.0. The Bertz CT molecular complexity index is 1970. The molecular formula is C37H38N6O3+.